The molecule has 18 heavy (non-hydrogen) atoms. The molecule has 2 rings (SSSR count). The number of hydrogen-bond donors (Lipinski definition) is 1. The first kappa shape index (κ1) is 13.4. The SMILES string of the molecule is Cc1ccc(CC(N)CC2=CCCCC2)cc1C. The molecule has 1 aromatic carbocycles. The lowest BCUT2D eigenvalue weighted by Gasteiger charge is -2.17. The first-order valence-electron chi connectivity index (χ1n) is 7.15. The third-order valence-electron chi connectivity index (χ3n) is 3.98. The summed E-state index contributed by atoms with van der Waals surface area (Å²) < 4.78 is 0. The van der Waals surface area contributed by atoms with Gasteiger partial charge in [0.1, 0.15) is 0 Å². The van der Waals surface area contributed by atoms with E-state index in [0.29, 0.717) is 0 Å². The molecule has 0 aromatic heterocycles. The second-order valence-corrected chi connectivity index (χ2v) is 5.70. The standard InChI is InChI=1S/C17H25N/c1-13-8-9-16(10-14(13)2)12-17(18)11-15-6-4-3-5-7-15/h6,8-10,17H,3-5,7,11-12,18H2,1-2H3. The lowest BCUT2D eigenvalue weighted by molar-refractivity contribution is 0.605. The molecule has 1 unspecified atom stereocenters. The van der Waals surface area contributed by atoms with Gasteiger partial charge >= 0.3 is 0 Å². The molecule has 1 nitrogen and oxygen atoms in total. The largest absolute Gasteiger partial charge is 0.327 e. The highest BCUT2D eigenvalue weighted by Crippen LogP contribution is 2.22. The maximum absolute atomic E-state index is 6.28. The smallest absolute Gasteiger partial charge is 0.0117 e. The summed E-state index contributed by atoms with van der Waals surface area (Å²) in [6.07, 6.45) is 9.71. The Morgan fingerprint density at radius 3 is 2.61 bits per heavy atom. The minimum absolute atomic E-state index is 0.274. The third kappa shape index (κ3) is 3.71. The predicted molar refractivity (Wildman–Crippen MR) is 78.8 cm³/mol. The van der Waals surface area contributed by atoms with Crippen LogP contribution in [-0.2, 0) is 6.42 Å². The van der Waals surface area contributed by atoms with Crippen LogP contribution in [0.25, 0.3) is 0 Å². The zero-order valence-electron chi connectivity index (χ0n) is 11.7. The summed E-state index contributed by atoms with van der Waals surface area (Å²) in [5, 5.41) is 0. The van der Waals surface area contributed by atoms with Crippen LogP contribution in [0.15, 0.2) is 29.8 Å². The van der Waals surface area contributed by atoms with Crippen LogP contribution in [0.1, 0.15) is 48.8 Å². The fraction of sp³-hybridized carbons (Fsp3) is 0.529. The van der Waals surface area contributed by atoms with Crippen LogP contribution in [0.4, 0.5) is 0 Å². The lowest BCUT2D eigenvalue weighted by atomic mass is 9.92. The molecule has 2 N–H and O–H groups in total. The third-order valence-corrected chi connectivity index (χ3v) is 3.98. The maximum atomic E-state index is 6.28. The summed E-state index contributed by atoms with van der Waals surface area (Å²) in [4.78, 5) is 0. The van der Waals surface area contributed by atoms with E-state index >= 15 is 0 Å². The molecule has 0 fully saturated rings. The molecule has 0 aliphatic heterocycles. The van der Waals surface area contributed by atoms with Crippen molar-refractivity contribution in [3.8, 4) is 0 Å². The zero-order chi connectivity index (χ0) is 13.0. The molecule has 0 saturated heterocycles. The van der Waals surface area contributed by atoms with Gasteiger partial charge in [-0.3, -0.25) is 0 Å². The van der Waals surface area contributed by atoms with E-state index in [1.807, 2.05) is 0 Å². The van der Waals surface area contributed by atoms with Crippen molar-refractivity contribution in [1.82, 2.24) is 0 Å². The summed E-state index contributed by atoms with van der Waals surface area (Å²) in [6.45, 7) is 4.33. The van der Waals surface area contributed by atoms with Gasteiger partial charge in [-0.05, 0) is 69.1 Å². The summed E-state index contributed by atoms with van der Waals surface area (Å²) >= 11 is 0. The van der Waals surface area contributed by atoms with E-state index in [4.69, 9.17) is 5.73 Å². The van der Waals surface area contributed by atoms with E-state index < -0.39 is 0 Å². The van der Waals surface area contributed by atoms with Crippen LogP contribution in [0.2, 0.25) is 0 Å². The summed E-state index contributed by atoms with van der Waals surface area (Å²) in [5.41, 5.74) is 12.0. The van der Waals surface area contributed by atoms with Crippen molar-refractivity contribution in [2.45, 2.75) is 58.4 Å². The molecule has 0 spiro atoms. The molecule has 1 heteroatoms. The molecule has 1 atom stereocenters. The highest BCUT2D eigenvalue weighted by molar-refractivity contribution is 5.30. The highest BCUT2D eigenvalue weighted by Gasteiger charge is 2.10. The van der Waals surface area contributed by atoms with E-state index in [1.54, 1.807) is 5.57 Å². The van der Waals surface area contributed by atoms with Gasteiger partial charge in [0.15, 0.2) is 0 Å². The lowest BCUT2D eigenvalue weighted by Crippen LogP contribution is -2.23. The molecule has 98 valence electrons. The predicted octanol–water partition coefficient (Wildman–Crippen LogP) is 4.06. The highest BCUT2D eigenvalue weighted by atomic mass is 14.6. The van der Waals surface area contributed by atoms with Crippen molar-refractivity contribution in [3.63, 3.8) is 0 Å². The average molecular weight is 243 g/mol. The first-order valence-corrected chi connectivity index (χ1v) is 7.15. The zero-order valence-corrected chi connectivity index (χ0v) is 11.7. The number of rotatable bonds is 4. The second kappa shape index (κ2) is 6.19. The molecule has 1 aromatic rings. The molecular formula is C17H25N. The van der Waals surface area contributed by atoms with Gasteiger partial charge in [0.25, 0.3) is 0 Å². The van der Waals surface area contributed by atoms with E-state index in [2.05, 4.69) is 38.1 Å². The monoisotopic (exact) mass is 243 g/mol. The van der Waals surface area contributed by atoms with Crippen molar-refractivity contribution in [2.75, 3.05) is 0 Å². The quantitative estimate of drug-likeness (QED) is 0.793. The van der Waals surface area contributed by atoms with Gasteiger partial charge in [-0.25, -0.2) is 0 Å². The Kier molecular flexibility index (Phi) is 4.60. The Labute approximate surface area is 111 Å². The number of allylic oxidation sites excluding steroid dienone is 1. The fourth-order valence-electron chi connectivity index (χ4n) is 2.73. The van der Waals surface area contributed by atoms with Crippen molar-refractivity contribution in [3.05, 3.63) is 46.5 Å². The van der Waals surface area contributed by atoms with Crippen molar-refractivity contribution in [2.24, 2.45) is 5.73 Å². The van der Waals surface area contributed by atoms with Crippen LogP contribution in [-0.4, -0.2) is 6.04 Å². The summed E-state index contributed by atoms with van der Waals surface area (Å²) in [7, 11) is 0. The van der Waals surface area contributed by atoms with Crippen LogP contribution >= 0.6 is 0 Å². The van der Waals surface area contributed by atoms with Crippen molar-refractivity contribution >= 4 is 0 Å². The first-order chi connectivity index (χ1) is 8.65. The number of aryl methyl sites for hydroxylation is 2. The second-order valence-electron chi connectivity index (χ2n) is 5.70. The van der Waals surface area contributed by atoms with Gasteiger partial charge in [-0.1, -0.05) is 29.8 Å². The number of benzene rings is 1. The van der Waals surface area contributed by atoms with Crippen molar-refractivity contribution in [1.29, 1.82) is 0 Å². The van der Waals surface area contributed by atoms with Gasteiger partial charge in [0.2, 0.25) is 0 Å². The van der Waals surface area contributed by atoms with E-state index in [-0.39, 0.29) is 6.04 Å². The molecule has 0 heterocycles. The van der Waals surface area contributed by atoms with Gasteiger partial charge in [0, 0.05) is 6.04 Å². The minimum atomic E-state index is 0.274. The fourth-order valence-corrected chi connectivity index (χ4v) is 2.73. The number of hydrogen-bond acceptors (Lipinski definition) is 1. The average Bonchev–Trinajstić information content (AvgIpc) is 2.35. The van der Waals surface area contributed by atoms with E-state index in [1.165, 1.54) is 42.4 Å². The van der Waals surface area contributed by atoms with Gasteiger partial charge in [0.05, 0.1) is 0 Å². The minimum Gasteiger partial charge on any atom is -0.327 e. The summed E-state index contributed by atoms with van der Waals surface area (Å²) in [5.74, 6) is 0. The Morgan fingerprint density at radius 2 is 1.94 bits per heavy atom. The topological polar surface area (TPSA) is 26.0 Å². The van der Waals surface area contributed by atoms with Crippen LogP contribution in [0.5, 0.6) is 0 Å². The van der Waals surface area contributed by atoms with Crippen molar-refractivity contribution < 1.29 is 0 Å². The normalized spacial score (nSPS) is 17.4. The number of nitrogens with two attached hydrogens (primary N) is 1. The Balaban J connectivity index is 1.92. The van der Waals surface area contributed by atoms with Crippen LogP contribution < -0.4 is 5.73 Å². The Hall–Kier alpha value is -1.08. The molecule has 0 bridgehead atoms. The Morgan fingerprint density at radius 1 is 1.11 bits per heavy atom. The molecule has 1 aliphatic carbocycles. The molecular weight excluding hydrogens is 218 g/mol. The van der Waals surface area contributed by atoms with Gasteiger partial charge in [-0.2, -0.15) is 0 Å². The maximum Gasteiger partial charge on any atom is 0.0117 e. The van der Waals surface area contributed by atoms with Crippen LogP contribution in [0.3, 0.4) is 0 Å². The van der Waals surface area contributed by atoms with E-state index in [0.717, 1.165) is 12.8 Å². The van der Waals surface area contributed by atoms with Gasteiger partial charge < -0.3 is 5.73 Å². The van der Waals surface area contributed by atoms with E-state index in [9.17, 15) is 0 Å². The molecule has 1 aliphatic rings. The van der Waals surface area contributed by atoms with Crippen LogP contribution in [0, 0.1) is 13.8 Å². The molecule has 0 amide bonds. The van der Waals surface area contributed by atoms with Gasteiger partial charge in [-0.15, -0.1) is 0 Å². The summed E-state index contributed by atoms with van der Waals surface area (Å²) in [6, 6.07) is 6.98. The molecule has 0 radical (unpaired) electrons. The Bertz CT molecular complexity index is 431. The molecule has 0 saturated carbocycles.